The van der Waals surface area contributed by atoms with Crippen molar-refractivity contribution in [2.75, 3.05) is 0 Å². The lowest BCUT2D eigenvalue weighted by Crippen LogP contribution is -2.20. The van der Waals surface area contributed by atoms with Crippen molar-refractivity contribution in [3.05, 3.63) is 45.7 Å². The highest BCUT2D eigenvalue weighted by Crippen LogP contribution is 2.15. The number of aryl methyl sites for hydroxylation is 2. The van der Waals surface area contributed by atoms with Crippen LogP contribution in [0.15, 0.2) is 29.1 Å². The fourth-order valence-corrected chi connectivity index (χ4v) is 1.93. The van der Waals surface area contributed by atoms with Crippen molar-refractivity contribution in [1.82, 2.24) is 4.57 Å². The van der Waals surface area contributed by atoms with Crippen molar-refractivity contribution in [1.29, 1.82) is 0 Å². The van der Waals surface area contributed by atoms with E-state index < -0.39 is 0 Å². The highest BCUT2D eigenvalue weighted by atomic mass is 35.5. The Balaban J connectivity index is 2.91. The summed E-state index contributed by atoms with van der Waals surface area (Å²) in [6.07, 6.45) is 0. The number of rotatable bonds is 1. The Morgan fingerprint density at radius 3 is 2.73 bits per heavy atom. The van der Waals surface area contributed by atoms with Crippen molar-refractivity contribution < 1.29 is 0 Å². The fraction of sp³-hybridized carbons (Fsp3) is 0.250. The van der Waals surface area contributed by atoms with Gasteiger partial charge in [-0.05, 0) is 30.0 Å². The average Bonchev–Trinajstić information content (AvgIpc) is 2.24. The molecule has 2 aromatic rings. The third kappa shape index (κ3) is 1.65. The van der Waals surface area contributed by atoms with Crippen LogP contribution in [-0.2, 0) is 12.9 Å². The van der Waals surface area contributed by atoms with Crippen LogP contribution in [0, 0.1) is 6.92 Å². The Labute approximate surface area is 93.1 Å². The van der Waals surface area contributed by atoms with Gasteiger partial charge in [-0.2, -0.15) is 0 Å². The molecule has 0 amide bonds. The Hall–Kier alpha value is -1.28. The highest BCUT2D eigenvalue weighted by molar-refractivity contribution is 6.17. The SMILES string of the molecule is Cc1ccc2cc(CCl)c(=O)n(C)c2c1. The molecule has 3 heteroatoms. The lowest BCUT2D eigenvalue weighted by molar-refractivity contribution is 0.890. The molecular weight excluding hydrogens is 210 g/mol. The van der Waals surface area contributed by atoms with E-state index in [1.807, 2.05) is 31.2 Å². The Kier molecular flexibility index (Phi) is 2.53. The van der Waals surface area contributed by atoms with E-state index in [-0.39, 0.29) is 11.4 Å². The number of alkyl halides is 1. The Morgan fingerprint density at radius 1 is 1.33 bits per heavy atom. The van der Waals surface area contributed by atoms with Gasteiger partial charge in [0.2, 0.25) is 0 Å². The standard InChI is InChI=1S/C12H12ClNO/c1-8-3-4-9-6-10(7-13)12(15)14(2)11(9)5-8/h3-6H,7H2,1-2H3. The van der Waals surface area contributed by atoms with E-state index in [9.17, 15) is 4.79 Å². The molecule has 2 nitrogen and oxygen atoms in total. The van der Waals surface area contributed by atoms with Crippen LogP contribution in [0.5, 0.6) is 0 Å². The second-order valence-electron chi connectivity index (χ2n) is 3.73. The highest BCUT2D eigenvalue weighted by Gasteiger charge is 2.05. The summed E-state index contributed by atoms with van der Waals surface area (Å²) in [6, 6.07) is 7.92. The number of benzene rings is 1. The number of fused-ring (bicyclic) bond motifs is 1. The van der Waals surface area contributed by atoms with E-state index in [1.54, 1.807) is 11.6 Å². The molecule has 0 radical (unpaired) electrons. The largest absolute Gasteiger partial charge is 0.311 e. The maximum Gasteiger partial charge on any atom is 0.255 e. The molecule has 0 N–H and O–H groups in total. The van der Waals surface area contributed by atoms with Gasteiger partial charge in [0.15, 0.2) is 0 Å². The number of halogens is 1. The van der Waals surface area contributed by atoms with Gasteiger partial charge in [0.05, 0.1) is 11.4 Å². The molecule has 0 aliphatic rings. The predicted molar refractivity (Wildman–Crippen MR) is 63.5 cm³/mol. The summed E-state index contributed by atoms with van der Waals surface area (Å²) < 4.78 is 1.65. The molecular formula is C12H12ClNO. The lowest BCUT2D eigenvalue weighted by Gasteiger charge is -2.07. The number of aromatic nitrogens is 1. The summed E-state index contributed by atoms with van der Waals surface area (Å²) in [7, 11) is 1.78. The lowest BCUT2D eigenvalue weighted by atomic mass is 10.1. The summed E-state index contributed by atoms with van der Waals surface area (Å²) in [5, 5.41) is 1.05. The zero-order chi connectivity index (χ0) is 11.0. The van der Waals surface area contributed by atoms with E-state index in [1.165, 1.54) is 0 Å². The zero-order valence-corrected chi connectivity index (χ0v) is 9.51. The smallest absolute Gasteiger partial charge is 0.255 e. The van der Waals surface area contributed by atoms with Gasteiger partial charge in [-0.25, -0.2) is 0 Å². The minimum Gasteiger partial charge on any atom is -0.311 e. The van der Waals surface area contributed by atoms with Gasteiger partial charge in [0.25, 0.3) is 5.56 Å². The van der Waals surface area contributed by atoms with Gasteiger partial charge in [-0.15, -0.1) is 11.6 Å². The maximum absolute atomic E-state index is 11.8. The number of hydrogen-bond acceptors (Lipinski definition) is 1. The van der Waals surface area contributed by atoms with Gasteiger partial charge in [-0.3, -0.25) is 4.79 Å². The van der Waals surface area contributed by atoms with Crippen molar-refractivity contribution in [3.63, 3.8) is 0 Å². The first-order chi connectivity index (χ1) is 7.13. The van der Waals surface area contributed by atoms with E-state index in [0.29, 0.717) is 5.56 Å². The molecule has 0 unspecified atom stereocenters. The molecule has 2 rings (SSSR count). The second-order valence-corrected chi connectivity index (χ2v) is 4.00. The third-order valence-corrected chi connectivity index (χ3v) is 2.89. The van der Waals surface area contributed by atoms with E-state index >= 15 is 0 Å². The summed E-state index contributed by atoms with van der Waals surface area (Å²) in [6.45, 7) is 2.01. The number of pyridine rings is 1. The topological polar surface area (TPSA) is 22.0 Å². The van der Waals surface area contributed by atoms with Crippen LogP contribution < -0.4 is 5.56 Å². The maximum atomic E-state index is 11.8. The number of hydrogen-bond donors (Lipinski definition) is 0. The molecule has 0 fully saturated rings. The molecule has 1 aromatic heterocycles. The summed E-state index contributed by atoms with van der Waals surface area (Å²) in [5.74, 6) is 0.260. The third-order valence-electron chi connectivity index (χ3n) is 2.60. The van der Waals surface area contributed by atoms with Crippen LogP contribution in [0.3, 0.4) is 0 Å². The van der Waals surface area contributed by atoms with Crippen LogP contribution >= 0.6 is 11.6 Å². The molecule has 0 atom stereocenters. The van der Waals surface area contributed by atoms with Crippen LogP contribution in [0.4, 0.5) is 0 Å². The van der Waals surface area contributed by atoms with Gasteiger partial charge in [0.1, 0.15) is 0 Å². The first kappa shape index (κ1) is 10.2. The van der Waals surface area contributed by atoms with Gasteiger partial charge >= 0.3 is 0 Å². The molecule has 15 heavy (non-hydrogen) atoms. The zero-order valence-electron chi connectivity index (χ0n) is 8.75. The van der Waals surface area contributed by atoms with Crippen molar-refractivity contribution >= 4 is 22.5 Å². The van der Waals surface area contributed by atoms with E-state index in [2.05, 4.69) is 0 Å². The minimum absolute atomic E-state index is 0.0110. The van der Waals surface area contributed by atoms with Crippen LogP contribution in [0.25, 0.3) is 10.9 Å². The van der Waals surface area contributed by atoms with Gasteiger partial charge < -0.3 is 4.57 Å². The number of nitrogens with zero attached hydrogens (tertiary/aromatic N) is 1. The van der Waals surface area contributed by atoms with Crippen LogP contribution in [0.2, 0.25) is 0 Å². The van der Waals surface area contributed by atoms with Gasteiger partial charge in [-0.1, -0.05) is 12.1 Å². The van der Waals surface area contributed by atoms with Crippen molar-refractivity contribution in [3.8, 4) is 0 Å². The molecule has 0 aliphatic heterocycles. The van der Waals surface area contributed by atoms with Crippen molar-refractivity contribution in [2.24, 2.45) is 7.05 Å². The molecule has 0 bridgehead atoms. The Morgan fingerprint density at radius 2 is 2.07 bits per heavy atom. The first-order valence-corrected chi connectivity index (χ1v) is 5.32. The molecule has 1 heterocycles. The summed E-state index contributed by atoms with van der Waals surface area (Å²) in [5.41, 5.74) is 2.74. The van der Waals surface area contributed by atoms with Crippen molar-refractivity contribution in [2.45, 2.75) is 12.8 Å². The molecule has 78 valence electrons. The second kappa shape index (κ2) is 3.70. The fourth-order valence-electron chi connectivity index (χ4n) is 1.74. The Bertz CT molecular complexity index is 572. The molecule has 0 saturated carbocycles. The average molecular weight is 222 g/mol. The quantitative estimate of drug-likeness (QED) is 0.679. The van der Waals surface area contributed by atoms with E-state index in [4.69, 9.17) is 11.6 Å². The monoisotopic (exact) mass is 221 g/mol. The minimum atomic E-state index is -0.0110. The summed E-state index contributed by atoms with van der Waals surface area (Å²) >= 11 is 5.72. The van der Waals surface area contributed by atoms with Crippen LogP contribution in [0.1, 0.15) is 11.1 Å². The predicted octanol–water partition coefficient (Wildman–Crippen LogP) is 2.59. The molecule has 1 aromatic carbocycles. The molecule has 0 saturated heterocycles. The normalized spacial score (nSPS) is 10.9. The first-order valence-electron chi connectivity index (χ1n) is 4.78. The van der Waals surface area contributed by atoms with E-state index in [0.717, 1.165) is 16.5 Å². The van der Waals surface area contributed by atoms with Gasteiger partial charge in [0, 0.05) is 12.6 Å². The molecule has 0 aliphatic carbocycles. The van der Waals surface area contributed by atoms with Crippen LogP contribution in [-0.4, -0.2) is 4.57 Å². The molecule has 0 spiro atoms. The summed E-state index contributed by atoms with van der Waals surface area (Å²) in [4.78, 5) is 11.8.